The van der Waals surface area contributed by atoms with Crippen molar-refractivity contribution in [3.8, 4) is 11.1 Å². The fraction of sp³-hybridized carbons (Fsp3) is 0.0500. The summed E-state index contributed by atoms with van der Waals surface area (Å²) >= 11 is 0. The summed E-state index contributed by atoms with van der Waals surface area (Å²) in [6, 6.07) is 54.3. The van der Waals surface area contributed by atoms with E-state index < -0.39 is 0 Å². The van der Waals surface area contributed by atoms with Crippen LogP contribution < -0.4 is 20.0 Å². The molecule has 0 saturated heterocycles. The summed E-state index contributed by atoms with van der Waals surface area (Å²) < 4.78 is 0. The first-order chi connectivity index (χ1) is 24.6. The molecule has 6 aromatic carbocycles. The van der Waals surface area contributed by atoms with Gasteiger partial charge in [-0.1, -0.05) is 109 Å². The van der Waals surface area contributed by atoms with Gasteiger partial charge >= 0.3 is 5.84 Å². The van der Waals surface area contributed by atoms with Gasteiger partial charge in [0.2, 0.25) is 0 Å². The van der Waals surface area contributed by atoms with Gasteiger partial charge in [0.1, 0.15) is 11.5 Å². The monoisotopic (exact) mass is 656 g/mol. The molecule has 0 bridgehead atoms. The first-order valence-electron chi connectivity index (χ1n) is 16.3. The van der Waals surface area contributed by atoms with E-state index in [4.69, 9.17) is 10.2 Å². The molecule has 0 spiro atoms. The van der Waals surface area contributed by atoms with E-state index in [1.54, 1.807) is 10.0 Å². The lowest BCUT2D eigenvalue weighted by Crippen LogP contribution is -2.53. The van der Waals surface area contributed by atoms with Gasteiger partial charge in [-0.2, -0.15) is 5.10 Å². The number of hydroxylamine groups is 1. The van der Waals surface area contributed by atoms with Crippen molar-refractivity contribution < 1.29 is 4.87 Å². The summed E-state index contributed by atoms with van der Waals surface area (Å²) in [5.74, 6) is 0.560. The zero-order chi connectivity index (χ0) is 33.9. The van der Waals surface area contributed by atoms with Crippen LogP contribution in [0.25, 0.3) is 11.1 Å². The van der Waals surface area contributed by atoms with Gasteiger partial charge in [0, 0.05) is 5.56 Å². The Morgan fingerprint density at radius 2 is 0.880 bits per heavy atom. The van der Waals surface area contributed by atoms with E-state index in [9.17, 15) is 10.1 Å². The van der Waals surface area contributed by atoms with Gasteiger partial charge in [-0.25, -0.2) is 5.01 Å². The molecule has 0 radical (unpaired) electrons. The molecule has 0 unspecified atom stereocenters. The molecule has 0 N–H and O–H groups in total. The molecule has 2 aliphatic heterocycles. The second-order valence-corrected chi connectivity index (χ2v) is 11.8. The highest BCUT2D eigenvalue weighted by molar-refractivity contribution is 6.01. The second kappa shape index (κ2) is 13.4. The number of hydrogen-bond acceptors (Lipinski definition) is 8. The highest BCUT2D eigenvalue weighted by Gasteiger charge is 2.38. The predicted octanol–water partition coefficient (Wildman–Crippen LogP) is 8.05. The SMILES string of the molecule is O=[N+]1C(c2ccc(-c3ccc(C4=NN(c5ccccc5)CN(c5ccccc5)N4[O-])cc3)cc2)=NN(c2ccccc2)CN1c1ccccc1. The molecule has 0 atom stereocenters. The number of hydrazine groups is 2. The quantitative estimate of drug-likeness (QED) is 0.161. The lowest BCUT2D eigenvalue weighted by atomic mass is 10.0. The van der Waals surface area contributed by atoms with Gasteiger partial charge in [-0.05, 0) is 76.7 Å². The van der Waals surface area contributed by atoms with Crippen molar-refractivity contribution in [1.29, 1.82) is 0 Å². The number of nitroso groups, excluding NO2 is 1. The van der Waals surface area contributed by atoms with Crippen LogP contribution in [0.4, 0.5) is 22.7 Å². The summed E-state index contributed by atoms with van der Waals surface area (Å²) in [7, 11) is 0. The maximum absolute atomic E-state index is 13.7. The minimum absolute atomic E-state index is 0.268. The average molecular weight is 657 g/mol. The maximum Gasteiger partial charge on any atom is 0.420 e. The van der Waals surface area contributed by atoms with Crippen LogP contribution in [0.15, 0.2) is 180 Å². The fourth-order valence-electron chi connectivity index (χ4n) is 5.98. The third-order valence-electron chi connectivity index (χ3n) is 8.60. The number of hydrazone groups is 2. The van der Waals surface area contributed by atoms with Crippen molar-refractivity contribution in [1.82, 2.24) is 5.17 Å². The van der Waals surface area contributed by atoms with E-state index in [0.717, 1.165) is 43.9 Å². The molecule has 10 nitrogen and oxygen atoms in total. The number of benzene rings is 6. The van der Waals surface area contributed by atoms with Crippen molar-refractivity contribution >= 4 is 34.4 Å². The molecule has 0 aliphatic carbocycles. The number of hydrogen-bond donors (Lipinski definition) is 0. The second-order valence-electron chi connectivity index (χ2n) is 11.8. The Morgan fingerprint density at radius 3 is 1.40 bits per heavy atom. The normalized spacial score (nSPS) is 14.8. The zero-order valence-electron chi connectivity index (χ0n) is 27.0. The molecular formula is C40H32N8O2. The Morgan fingerprint density at radius 1 is 0.460 bits per heavy atom. The number of rotatable bonds is 7. The van der Waals surface area contributed by atoms with E-state index in [-0.39, 0.29) is 25.0 Å². The van der Waals surface area contributed by atoms with E-state index in [1.807, 2.05) is 180 Å². The van der Waals surface area contributed by atoms with Crippen molar-refractivity contribution in [3.63, 3.8) is 0 Å². The minimum Gasteiger partial charge on any atom is -0.737 e. The van der Waals surface area contributed by atoms with Gasteiger partial charge in [0.05, 0.1) is 33.4 Å². The van der Waals surface area contributed by atoms with Crippen LogP contribution in [-0.4, -0.2) is 35.0 Å². The Hall–Kier alpha value is -6.78. The minimum atomic E-state index is 0.268. The van der Waals surface area contributed by atoms with Crippen LogP contribution in [0, 0.1) is 10.1 Å². The molecule has 2 heterocycles. The van der Waals surface area contributed by atoms with Gasteiger partial charge in [0.15, 0.2) is 12.5 Å². The number of amidine groups is 2. The van der Waals surface area contributed by atoms with Crippen LogP contribution in [0.2, 0.25) is 0 Å². The highest BCUT2D eigenvalue weighted by Crippen LogP contribution is 2.29. The van der Waals surface area contributed by atoms with Crippen LogP contribution >= 0.6 is 0 Å². The van der Waals surface area contributed by atoms with Gasteiger partial charge < -0.3 is 10.4 Å². The van der Waals surface area contributed by atoms with Crippen molar-refractivity contribution in [3.05, 3.63) is 191 Å². The lowest BCUT2D eigenvalue weighted by Gasteiger charge is -2.48. The van der Waals surface area contributed by atoms with Gasteiger partial charge in [-0.3, -0.25) is 5.01 Å². The Balaban J connectivity index is 1.08. The summed E-state index contributed by atoms with van der Waals surface area (Å²) in [6.07, 6.45) is 0. The first-order valence-corrected chi connectivity index (χ1v) is 16.3. The molecule has 6 aromatic rings. The van der Waals surface area contributed by atoms with E-state index in [2.05, 4.69) is 0 Å². The Labute approximate surface area is 289 Å². The molecule has 0 aromatic heterocycles. The van der Waals surface area contributed by atoms with E-state index in [0.29, 0.717) is 11.1 Å². The summed E-state index contributed by atoms with van der Waals surface area (Å²) in [4.78, 5) is 14.6. The summed E-state index contributed by atoms with van der Waals surface area (Å²) in [6.45, 7) is 0.535. The Kier molecular flexibility index (Phi) is 8.17. The molecule has 50 heavy (non-hydrogen) atoms. The van der Waals surface area contributed by atoms with Crippen molar-refractivity contribution in [2.45, 2.75) is 0 Å². The van der Waals surface area contributed by atoms with Crippen molar-refractivity contribution in [2.24, 2.45) is 10.2 Å². The molecule has 2 aliphatic rings. The molecule has 8 rings (SSSR count). The molecule has 10 heteroatoms. The molecule has 0 fully saturated rings. The Bertz CT molecular complexity index is 2150. The topological polar surface area (TPSA) is 84.1 Å². The largest absolute Gasteiger partial charge is 0.737 e. The average Bonchev–Trinajstić information content (AvgIpc) is 3.19. The molecular weight excluding hydrogens is 624 g/mol. The van der Waals surface area contributed by atoms with Crippen LogP contribution in [-0.2, 0) is 0 Å². The molecule has 0 saturated carbocycles. The molecule has 0 amide bonds. The number of para-hydroxylation sites is 4. The zero-order valence-corrected chi connectivity index (χ0v) is 27.0. The van der Waals surface area contributed by atoms with E-state index >= 15 is 0 Å². The lowest BCUT2D eigenvalue weighted by molar-refractivity contribution is -0.450. The maximum atomic E-state index is 13.7. The summed E-state index contributed by atoms with van der Waals surface area (Å²) in [5, 5.41) is 31.1. The standard InChI is InChI=1S/C40H32N8O2/c49-47-39(41-43(35-13-5-1-6-14-35)29-45(47)37-17-9-3-10-18-37)33-25-21-31(22-26-33)32-23-27-34(28-24-32)40-42-44(36-15-7-2-8-16-36)30-46(48(40)50)38-19-11-4-12-20-38/h1-28H,29-30H2. The molecule has 244 valence electrons. The van der Waals surface area contributed by atoms with Crippen LogP contribution in [0.1, 0.15) is 11.1 Å². The van der Waals surface area contributed by atoms with Crippen LogP contribution in [0.3, 0.4) is 0 Å². The van der Waals surface area contributed by atoms with Crippen molar-refractivity contribution in [2.75, 3.05) is 33.4 Å². The summed E-state index contributed by atoms with van der Waals surface area (Å²) in [5.41, 5.74) is 6.58. The van der Waals surface area contributed by atoms with Crippen LogP contribution in [0.5, 0.6) is 0 Å². The smallest absolute Gasteiger partial charge is 0.420 e. The van der Waals surface area contributed by atoms with E-state index in [1.165, 1.54) is 0 Å². The van der Waals surface area contributed by atoms with Gasteiger partial charge in [0.25, 0.3) is 0 Å². The first kappa shape index (κ1) is 30.5. The third kappa shape index (κ3) is 6.02. The predicted molar refractivity (Wildman–Crippen MR) is 199 cm³/mol. The van der Waals surface area contributed by atoms with Gasteiger partial charge in [-0.15, -0.1) is 10.0 Å². The number of anilines is 4. The highest BCUT2D eigenvalue weighted by atomic mass is 16.6. The third-order valence-corrected chi connectivity index (χ3v) is 8.60. The number of nitrogens with zero attached hydrogens (tertiary/aromatic N) is 8. The fourth-order valence-corrected chi connectivity index (χ4v) is 5.98.